The second-order valence-corrected chi connectivity index (χ2v) is 6.40. The van der Waals surface area contributed by atoms with Gasteiger partial charge in [0.15, 0.2) is 0 Å². The van der Waals surface area contributed by atoms with Gasteiger partial charge >= 0.3 is 5.97 Å². The standard InChI is InChI=1S/C15H29NO2/c1-4-5-12-6-8-13(9-7-12)16-11-10-15(2,3)14(17)18/h12-13,16H,4-11H2,1-3H3,(H,17,18). The van der Waals surface area contributed by atoms with Crippen LogP contribution >= 0.6 is 0 Å². The number of rotatable bonds is 7. The molecule has 0 spiro atoms. The van der Waals surface area contributed by atoms with Crippen molar-refractivity contribution in [1.82, 2.24) is 5.32 Å². The molecule has 0 radical (unpaired) electrons. The molecule has 0 saturated heterocycles. The fraction of sp³-hybridized carbons (Fsp3) is 0.933. The maximum Gasteiger partial charge on any atom is 0.309 e. The smallest absolute Gasteiger partial charge is 0.309 e. The number of carbonyl (C=O) groups is 1. The number of nitrogens with one attached hydrogen (secondary N) is 1. The number of carboxylic acid groups (broad SMARTS) is 1. The Morgan fingerprint density at radius 3 is 2.39 bits per heavy atom. The zero-order valence-corrected chi connectivity index (χ0v) is 12.2. The third-order valence-corrected chi connectivity index (χ3v) is 4.31. The van der Waals surface area contributed by atoms with Gasteiger partial charge in [0.05, 0.1) is 5.41 Å². The zero-order valence-electron chi connectivity index (χ0n) is 12.2. The molecule has 0 aromatic carbocycles. The quantitative estimate of drug-likeness (QED) is 0.732. The van der Waals surface area contributed by atoms with Crippen molar-refractivity contribution < 1.29 is 9.90 Å². The van der Waals surface area contributed by atoms with Gasteiger partial charge in [0.25, 0.3) is 0 Å². The molecule has 0 amide bonds. The lowest BCUT2D eigenvalue weighted by atomic mass is 9.83. The summed E-state index contributed by atoms with van der Waals surface area (Å²) in [5, 5.41) is 12.6. The molecule has 0 bridgehead atoms. The Morgan fingerprint density at radius 2 is 1.89 bits per heavy atom. The topological polar surface area (TPSA) is 49.3 Å². The van der Waals surface area contributed by atoms with Gasteiger partial charge in [-0.3, -0.25) is 4.79 Å². The minimum atomic E-state index is -0.698. The lowest BCUT2D eigenvalue weighted by Gasteiger charge is -2.30. The summed E-state index contributed by atoms with van der Waals surface area (Å²) < 4.78 is 0. The Labute approximate surface area is 111 Å². The van der Waals surface area contributed by atoms with E-state index in [1.807, 2.05) is 0 Å². The summed E-state index contributed by atoms with van der Waals surface area (Å²) in [4.78, 5) is 11.0. The summed E-state index contributed by atoms with van der Waals surface area (Å²) in [7, 11) is 0. The average Bonchev–Trinajstić information content (AvgIpc) is 2.31. The molecule has 1 aliphatic carbocycles. The van der Waals surface area contributed by atoms with Crippen LogP contribution in [0.1, 0.15) is 65.7 Å². The highest BCUT2D eigenvalue weighted by molar-refractivity contribution is 5.73. The summed E-state index contributed by atoms with van der Waals surface area (Å²) in [6, 6.07) is 0.614. The highest BCUT2D eigenvalue weighted by Gasteiger charge is 2.27. The lowest BCUT2D eigenvalue weighted by molar-refractivity contribution is -0.147. The van der Waals surface area contributed by atoms with Crippen LogP contribution in [0.5, 0.6) is 0 Å². The number of hydrogen-bond donors (Lipinski definition) is 2. The van der Waals surface area contributed by atoms with Gasteiger partial charge in [-0.1, -0.05) is 19.8 Å². The van der Waals surface area contributed by atoms with Crippen molar-refractivity contribution in [1.29, 1.82) is 0 Å². The van der Waals surface area contributed by atoms with Crippen LogP contribution in [0.4, 0.5) is 0 Å². The molecule has 1 aliphatic rings. The number of carboxylic acids is 1. The van der Waals surface area contributed by atoms with Crippen LogP contribution in [0.15, 0.2) is 0 Å². The van der Waals surface area contributed by atoms with Crippen LogP contribution in [0.2, 0.25) is 0 Å². The van der Waals surface area contributed by atoms with Gasteiger partial charge < -0.3 is 10.4 Å². The summed E-state index contributed by atoms with van der Waals surface area (Å²) in [5.41, 5.74) is -0.605. The van der Waals surface area contributed by atoms with Gasteiger partial charge in [-0.15, -0.1) is 0 Å². The molecule has 0 aromatic rings. The summed E-state index contributed by atoms with van der Waals surface area (Å²) in [6.07, 6.45) is 8.59. The van der Waals surface area contributed by atoms with Gasteiger partial charge in [0, 0.05) is 6.04 Å². The van der Waals surface area contributed by atoms with Crippen molar-refractivity contribution >= 4 is 5.97 Å². The first kappa shape index (κ1) is 15.5. The fourth-order valence-corrected chi connectivity index (χ4v) is 2.76. The van der Waals surface area contributed by atoms with Gasteiger partial charge in [-0.2, -0.15) is 0 Å². The van der Waals surface area contributed by atoms with Crippen molar-refractivity contribution in [3.8, 4) is 0 Å². The molecule has 1 fully saturated rings. The van der Waals surface area contributed by atoms with Crippen LogP contribution in [0.25, 0.3) is 0 Å². The van der Waals surface area contributed by atoms with E-state index in [0.717, 1.165) is 12.5 Å². The van der Waals surface area contributed by atoms with Crippen LogP contribution in [-0.2, 0) is 4.79 Å². The molecular formula is C15H29NO2. The molecule has 18 heavy (non-hydrogen) atoms. The van der Waals surface area contributed by atoms with Crippen molar-refractivity contribution in [3.05, 3.63) is 0 Å². The molecule has 3 nitrogen and oxygen atoms in total. The monoisotopic (exact) mass is 255 g/mol. The normalized spacial score (nSPS) is 25.1. The maximum atomic E-state index is 11.0. The zero-order chi connectivity index (χ0) is 13.6. The van der Waals surface area contributed by atoms with Crippen molar-refractivity contribution in [3.63, 3.8) is 0 Å². The minimum Gasteiger partial charge on any atom is -0.481 e. The second kappa shape index (κ2) is 7.13. The van der Waals surface area contributed by atoms with Gasteiger partial charge in [0.1, 0.15) is 0 Å². The Kier molecular flexibility index (Phi) is 6.13. The van der Waals surface area contributed by atoms with Gasteiger partial charge in [0.2, 0.25) is 0 Å². The molecule has 0 atom stereocenters. The first-order valence-electron chi connectivity index (χ1n) is 7.42. The van der Waals surface area contributed by atoms with E-state index in [1.165, 1.54) is 38.5 Å². The maximum absolute atomic E-state index is 11.0. The Hall–Kier alpha value is -0.570. The number of aliphatic carboxylic acids is 1. The molecule has 1 saturated carbocycles. The average molecular weight is 255 g/mol. The predicted molar refractivity (Wildman–Crippen MR) is 74.7 cm³/mol. The predicted octanol–water partition coefficient (Wildman–Crippen LogP) is 3.44. The molecular weight excluding hydrogens is 226 g/mol. The van der Waals surface area contributed by atoms with E-state index in [1.54, 1.807) is 13.8 Å². The Balaban J connectivity index is 2.16. The van der Waals surface area contributed by atoms with E-state index < -0.39 is 11.4 Å². The van der Waals surface area contributed by atoms with Crippen molar-refractivity contribution in [2.75, 3.05) is 6.54 Å². The van der Waals surface area contributed by atoms with Crippen molar-refractivity contribution in [2.24, 2.45) is 11.3 Å². The molecule has 2 N–H and O–H groups in total. The largest absolute Gasteiger partial charge is 0.481 e. The lowest BCUT2D eigenvalue weighted by Crippen LogP contribution is -2.36. The van der Waals surface area contributed by atoms with E-state index in [-0.39, 0.29) is 0 Å². The highest BCUT2D eigenvalue weighted by Crippen LogP contribution is 2.28. The van der Waals surface area contributed by atoms with Crippen LogP contribution in [-0.4, -0.2) is 23.7 Å². The van der Waals surface area contributed by atoms with Gasteiger partial charge in [-0.05, 0) is 58.4 Å². The molecule has 0 unspecified atom stereocenters. The Bertz CT molecular complexity index is 255. The molecule has 106 valence electrons. The fourth-order valence-electron chi connectivity index (χ4n) is 2.76. The first-order chi connectivity index (χ1) is 8.45. The third kappa shape index (κ3) is 4.97. The summed E-state index contributed by atoms with van der Waals surface area (Å²) in [5.74, 6) is 0.236. The SMILES string of the molecule is CCCC1CCC(NCCC(C)(C)C(=O)O)CC1. The van der Waals surface area contributed by atoms with Crippen LogP contribution in [0, 0.1) is 11.3 Å². The summed E-state index contributed by atoms with van der Waals surface area (Å²) in [6.45, 7) is 6.69. The molecule has 1 rings (SSSR count). The van der Waals surface area contributed by atoms with E-state index >= 15 is 0 Å². The highest BCUT2D eigenvalue weighted by atomic mass is 16.4. The summed E-state index contributed by atoms with van der Waals surface area (Å²) >= 11 is 0. The van der Waals surface area contributed by atoms with Crippen molar-refractivity contribution in [2.45, 2.75) is 71.8 Å². The molecule has 0 aromatic heterocycles. The van der Waals surface area contributed by atoms with E-state index in [9.17, 15) is 4.79 Å². The second-order valence-electron chi connectivity index (χ2n) is 6.40. The van der Waals surface area contributed by atoms with Crippen LogP contribution in [0.3, 0.4) is 0 Å². The molecule has 3 heteroatoms. The van der Waals surface area contributed by atoms with Crippen LogP contribution < -0.4 is 5.32 Å². The van der Waals surface area contributed by atoms with E-state index in [2.05, 4.69) is 12.2 Å². The number of hydrogen-bond acceptors (Lipinski definition) is 2. The minimum absolute atomic E-state index is 0.605. The first-order valence-corrected chi connectivity index (χ1v) is 7.42. The molecule has 0 aliphatic heterocycles. The van der Waals surface area contributed by atoms with E-state index in [4.69, 9.17) is 5.11 Å². The van der Waals surface area contributed by atoms with Gasteiger partial charge in [-0.25, -0.2) is 0 Å². The third-order valence-electron chi connectivity index (χ3n) is 4.31. The molecule has 0 heterocycles. The van der Waals surface area contributed by atoms with E-state index in [0.29, 0.717) is 12.5 Å². The Morgan fingerprint density at radius 1 is 1.28 bits per heavy atom.